The topological polar surface area (TPSA) is 48.9 Å². The third-order valence-electron chi connectivity index (χ3n) is 4.45. The zero-order valence-corrected chi connectivity index (χ0v) is 17.6. The van der Waals surface area contributed by atoms with E-state index >= 15 is 0 Å². The monoisotopic (exact) mass is 464 g/mol. The van der Waals surface area contributed by atoms with Crippen LogP contribution in [0.15, 0.2) is 29.3 Å². The minimum absolute atomic E-state index is 0. The highest BCUT2D eigenvalue weighted by Gasteiger charge is 2.20. The SMILES string of the molecule is CCC(CNC(=NC)NCC1CCCN1C)Oc1cccc(F)c1.I. The molecular weight excluding hydrogens is 434 g/mol. The van der Waals surface area contributed by atoms with Crippen LogP contribution in [0.3, 0.4) is 0 Å². The van der Waals surface area contributed by atoms with E-state index in [9.17, 15) is 4.39 Å². The fraction of sp³-hybridized carbons (Fsp3) is 0.611. The van der Waals surface area contributed by atoms with Gasteiger partial charge in [0.2, 0.25) is 0 Å². The summed E-state index contributed by atoms with van der Waals surface area (Å²) in [5, 5.41) is 6.67. The van der Waals surface area contributed by atoms with E-state index in [1.165, 1.54) is 25.0 Å². The largest absolute Gasteiger partial charge is 0.489 e. The Morgan fingerprint density at radius 3 is 2.84 bits per heavy atom. The summed E-state index contributed by atoms with van der Waals surface area (Å²) < 4.78 is 19.1. The lowest BCUT2D eigenvalue weighted by atomic mass is 10.2. The van der Waals surface area contributed by atoms with Crippen LogP contribution in [-0.2, 0) is 0 Å². The molecule has 0 aliphatic carbocycles. The number of likely N-dealkylation sites (N-methyl/N-ethyl adjacent to an activating group) is 1. The molecule has 0 saturated carbocycles. The molecule has 1 fully saturated rings. The molecule has 1 heterocycles. The smallest absolute Gasteiger partial charge is 0.191 e. The number of likely N-dealkylation sites (tertiary alicyclic amines) is 1. The summed E-state index contributed by atoms with van der Waals surface area (Å²) in [7, 11) is 3.93. The average Bonchev–Trinajstić information content (AvgIpc) is 2.99. The summed E-state index contributed by atoms with van der Waals surface area (Å²) in [6.45, 7) is 4.72. The number of halogens is 2. The van der Waals surface area contributed by atoms with Gasteiger partial charge in [0.25, 0.3) is 0 Å². The maximum atomic E-state index is 13.2. The van der Waals surface area contributed by atoms with Crippen molar-refractivity contribution in [1.82, 2.24) is 15.5 Å². The van der Waals surface area contributed by atoms with Crippen LogP contribution in [0, 0.1) is 5.82 Å². The Balaban J connectivity index is 0.00000312. The predicted molar refractivity (Wildman–Crippen MR) is 112 cm³/mol. The van der Waals surface area contributed by atoms with E-state index in [4.69, 9.17) is 4.74 Å². The molecule has 0 bridgehead atoms. The molecule has 0 radical (unpaired) electrons. The van der Waals surface area contributed by atoms with Crippen molar-refractivity contribution in [2.45, 2.75) is 38.3 Å². The van der Waals surface area contributed by atoms with E-state index in [1.807, 2.05) is 0 Å². The van der Waals surface area contributed by atoms with E-state index in [-0.39, 0.29) is 35.9 Å². The van der Waals surface area contributed by atoms with E-state index in [2.05, 4.69) is 34.5 Å². The summed E-state index contributed by atoms with van der Waals surface area (Å²) in [6, 6.07) is 6.82. The summed E-state index contributed by atoms with van der Waals surface area (Å²) in [5.41, 5.74) is 0. The van der Waals surface area contributed by atoms with Crippen LogP contribution in [0.4, 0.5) is 4.39 Å². The van der Waals surface area contributed by atoms with Crippen molar-refractivity contribution in [3.8, 4) is 5.75 Å². The first-order chi connectivity index (χ1) is 11.6. The molecule has 0 spiro atoms. The highest BCUT2D eigenvalue weighted by Crippen LogP contribution is 2.15. The molecule has 1 saturated heterocycles. The van der Waals surface area contributed by atoms with Gasteiger partial charge >= 0.3 is 0 Å². The van der Waals surface area contributed by atoms with E-state index in [1.54, 1.807) is 19.2 Å². The van der Waals surface area contributed by atoms with Gasteiger partial charge in [0.05, 0.1) is 6.54 Å². The number of rotatable bonds is 7. The number of nitrogens with zero attached hydrogens (tertiary/aromatic N) is 2. The van der Waals surface area contributed by atoms with Crippen molar-refractivity contribution in [3.05, 3.63) is 30.1 Å². The van der Waals surface area contributed by atoms with Crippen molar-refractivity contribution in [3.63, 3.8) is 0 Å². The second-order valence-corrected chi connectivity index (χ2v) is 6.22. The van der Waals surface area contributed by atoms with Crippen LogP contribution in [0.2, 0.25) is 0 Å². The fourth-order valence-electron chi connectivity index (χ4n) is 2.88. The van der Waals surface area contributed by atoms with Crippen molar-refractivity contribution in [2.24, 2.45) is 4.99 Å². The highest BCUT2D eigenvalue weighted by molar-refractivity contribution is 14.0. The van der Waals surface area contributed by atoms with Crippen LogP contribution in [0.5, 0.6) is 5.75 Å². The molecule has 1 aliphatic rings. The first-order valence-corrected chi connectivity index (χ1v) is 8.69. The Morgan fingerprint density at radius 1 is 1.44 bits per heavy atom. The third-order valence-corrected chi connectivity index (χ3v) is 4.45. The maximum Gasteiger partial charge on any atom is 0.191 e. The standard InChI is InChI=1S/C18H29FN4O.HI/c1-4-16(24-17-9-5-7-14(19)11-17)13-22-18(20-2)21-12-15-8-6-10-23(15)3;/h5,7,9,11,15-16H,4,6,8,10,12-13H2,1-3H3,(H2,20,21,22);1H. The van der Waals surface area contributed by atoms with Gasteiger partial charge in [-0.15, -0.1) is 24.0 Å². The molecule has 2 atom stereocenters. The van der Waals surface area contributed by atoms with Crippen molar-refractivity contribution in [2.75, 3.05) is 33.7 Å². The molecule has 0 amide bonds. The molecule has 2 rings (SSSR count). The lowest BCUT2D eigenvalue weighted by Gasteiger charge is -2.23. The van der Waals surface area contributed by atoms with Crippen LogP contribution < -0.4 is 15.4 Å². The molecule has 2 N–H and O–H groups in total. The lowest BCUT2D eigenvalue weighted by molar-refractivity contribution is 0.198. The van der Waals surface area contributed by atoms with E-state index in [0.717, 1.165) is 25.5 Å². The molecule has 1 aromatic carbocycles. The first kappa shape index (κ1) is 22.0. The highest BCUT2D eigenvalue weighted by atomic mass is 127. The minimum Gasteiger partial charge on any atom is -0.489 e. The van der Waals surface area contributed by atoms with Gasteiger partial charge in [0.15, 0.2) is 5.96 Å². The number of ether oxygens (including phenoxy) is 1. The second kappa shape index (κ2) is 11.5. The van der Waals surface area contributed by atoms with Gasteiger partial charge < -0.3 is 20.3 Å². The quantitative estimate of drug-likeness (QED) is 0.370. The fourth-order valence-corrected chi connectivity index (χ4v) is 2.88. The summed E-state index contributed by atoms with van der Waals surface area (Å²) in [4.78, 5) is 6.64. The van der Waals surface area contributed by atoms with Crippen LogP contribution >= 0.6 is 24.0 Å². The normalized spacial score (nSPS) is 19.2. The zero-order chi connectivity index (χ0) is 17.4. The van der Waals surface area contributed by atoms with Gasteiger partial charge in [-0.2, -0.15) is 0 Å². The molecule has 7 heteroatoms. The predicted octanol–water partition coefficient (Wildman–Crippen LogP) is 2.86. The minimum atomic E-state index is -0.284. The Kier molecular flexibility index (Phi) is 10.1. The summed E-state index contributed by atoms with van der Waals surface area (Å²) >= 11 is 0. The number of benzene rings is 1. The molecule has 2 unspecified atom stereocenters. The molecule has 142 valence electrons. The van der Waals surface area contributed by atoms with Crippen LogP contribution in [-0.4, -0.2) is 56.7 Å². The Labute approximate surface area is 167 Å². The number of guanidine groups is 1. The number of nitrogens with one attached hydrogen (secondary N) is 2. The average molecular weight is 464 g/mol. The second-order valence-electron chi connectivity index (χ2n) is 6.22. The molecule has 1 aromatic rings. The van der Waals surface area contributed by atoms with Gasteiger partial charge in [-0.1, -0.05) is 13.0 Å². The zero-order valence-electron chi connectivity index (χ0n) is 15.3. The van der Waals surface area contributed by atoms with Crippen molar-refractivity contribution in [1.29, 1.82) is 0 Å². The maximum absolute atomic E-state index is 13.2. The number of aliphatic imine (C=N–C) groups is 1. The molecular formula is C18H30FIN4O. The molecule has 5 nitrogen and oxygen atoms in total. The van der Waals surface area contributed by atoms with Gasteiger partial charge in [0, 0.05) is 25.7 Å². The van der Waals surface area contributed by atoms with E-state index < -0.39 is 0 Å². The molecule has 25 heavy (non-hydrogen) atoms. The van der Waals surface area contributed by atoms with Crippen LogP contribution in [0.1, 0.15) is 26.2 Å². The van der Waals surface area contributed by atoms with Gasteiger partial charge in [-0.05, 0) is 45.0 Å². The Bertz CT molecular complexity index is 544. The molecule has 1 aliphatic heterocycles. The van der Waals surface area contributed by atoms with Gasteiger partial charge in [0.1, 0.15) is 17.7 Å². The molecule has 0 aromatic heterocycles. The van der Waals surface area contributed by atoms with Crippen LogP contribution in [0.25, 0.3) is 0 Å². The number of hydrogen-bond acceptors (Lipinski definition) is 3. The summed E-state index contributed by atoms with van der Waals surface area (Å²) in [5.74, 6) is 1.05. The van der Waals surface area contributed by atoms with Crippen molar-refractivity contribution >= 4 is 29.9 Å². The third kappa shape index (κ3) is 7.35. The van der Waals surface area contributed by atoms with Gasteiger partial charge in [-0.25, -0.2) is 4.39 Å². The van der Waals surface area contributed by atoms with Gasteiger partial charge in [-0.3, -0.25) is 4.99 Å². The van der Waals surface area contributed by atoms with Crippen molar-refractivity contribution < 1.29 is 9.13 Å². The Hall–Kier alpha value is -1.09. The first-order valence-electron chi connectivity index (χ1n) is 8.69. The summed E-state index contributed by atoms with van der Waals surface area (Å²) in [6.07, 6.45) is 3.26. The van der Waals surface area contributed by atoms with E-state index in [0.29, 0.717) is 18.3 Å². The lowest BCUT2D eigenvalue weighted by Crippen LogP contribution is -2.46. The number of hydrogen-bond donors (Lipinski definition) is 2. The Morgan fingerprint density at radius 2 is 2.24 bits per heavy atom.